The summed E-state index contributed by atoms with van der Waals surface area (Å²) < 4.78 is 13.6. The van der Waals surface area contributed by atoms with Gasteiger partial charge in [-0.25, -0.2) is 9.18 Å². The zero-order chi connectivity index (χ0) is 15.5. The van der Waals surface area contributed by atoms with Gasteiger partial charge >= 0.3 is 6.03 Å². The predicted octanol–water partition coefficient (Wildman–Crippen LogP) is 1.51. The van der Waals surface area contributed by atoms with Crippen LogP contribution >= 0.6 is 11.6 Å². The van der Waals surface area contributed by atoms with Crippen molar-refractivity contribution >= 4 is 17.6 Å². The van der Waals surface area contributed by atoms with Gasteiger partial charge in [0.25, 0.3) is 0 Å². The van der Waals surface area contributed by atoms with Gasteiger partial charge in [0.05, 0.1) is 12.2 Å². The lowest BCUT2D eigenvalue weighted by molar-refractivity contribution is -0.0526. The number of amides is 2. The SMILES string of the molecule is O=C(NCc1ccc(Cl)cc1F)N1CCC(O)(CO)CC1. The summed E-state index contributed by atoms with van der Waals surface area (Å²) in [6.45, 7) is 0.471. The maximum Gasteiger partial charge on any atom is 0.317 e. The lowest BCUT2D eigenvalue weighted by Crippen LogP contribution is -2.51. The molecule has 5 nitrogen and oxygen atoms in total. The molecule has 0 saturated carbocycles. The molecule has 1 saturated heterocycles. The molecule has 0 spiro atoms. The number of aliphatic hydroxyl groups is 2. The van der Waals surface area contributed by atoms with Crippen molar-refractivity contribution in [3.05, 3.63) is 34.6 Å². The first-order valence-electron chi connectivity index (χ1n) is 6.73. The molecule has 1 heterocycles. The second-order valence-electron chi connectivity index (χ2n) is 5.26. The average Bonchev–Trinajstić information content (AvgIpc) is 2.47. The molecule has 1 aromatic rings. The van der Waals surface area contributed by atoms with Crippen molar-refractivity contribution in [1.29, 1.82) is 0 Å². The first-order chi connectivity index (χ1) is 9.93. The molecule has 1 fully saturated rings. The van der Waals surface area contributed by atoms with Crippen molar-refractivity contribution in [2.24, 2.45) is 0 Å². The Labute approximate surface area is 127 Å². The third-order valence-corrected chi connectivity index (χ3v) is 3.96. The van der Waals surface area contributed by atoms with Gasteiger partial charge in [-0.05, 0) is 25.0 Å². The first kappa shape index (κ1) is 16.0. The molecule has 0 atom stereocenters. The van der Waals surface area contributed by atoms with Crippen LogP contribution < -0.4 is 5.32 Å². The van der Waals surface area contributed by atoms with E-state index in [1.807, 2.05) is 0 Å². The summed E-state index contributed by atoms with van der Waals surface area (Å²) in [4.78, 5) is 13.5. The van der Waals surface area contributed by atoms with Crippen LogP contribution in [0.1, 0.15) is 18.4 Å². The van der Waals surface area contributed by atoms with Crippen LogP contribution in [-0.2, 0) is 6.54 Å². The second-order valence-corrected chi connectivity index (χ2v) is 5.70. The number of piperidine rings is 1. The zero-order valence-corrected chi connectivity index (χ0v) is 12.2. The van der Waals surface area contributed by atoms with E-state index in [0.717, 1.165) is 0 Å². The molecule has 0 aromatic heterocycles. The predicted molar refractivity (Wildman–Crippen MR) is 76.5 cm³/mol. The van der Waals surface area contributed by atoms with Gasteiger partial charge in [0, 0.05) is 30.2 Å². The minimum atomic E-state index is -1.10. The van der Waals surface area contributed by atoms with Crippen molar-refractivity contribution in [1.82, 2.24) is 10.2 Å². The molecule has 1 aliphatic heterocycles. The first-order valence-corrected chi connectivity index (χ1v) is 7.11. The summed E-state index contributed by atoms with van der Waals surface area (Å²) in [7, 11) is 0. The third kappa shape index (κ3) is 4.06. The number of nitrogens with one attached hydrogen (secondary N) is 1. The Hall–Kier alpha value is -1.37. The van der Waals surface area contributed by atoms with Crippen LogP contribution in [0.4, 0.5) is 9.18 Å². The van der Waals surface area contributed by atoms with Gasteiger partial charge in [-0.15, -0.1) is 0 Å². The van der Waals surface area contributed by atoms with E-state index in [9.17, 15) is 14.3 Å². The van der Waals surface area contributed by atoms with Crippen LogP contribution in [0.3, 0.4) is 0 Å². The summed E-state index contributed by atoms with van der Waals surface area (Å²) >= 11 is 5.66. The summed E-state index contributed by atoms with van der Waals surface area (Å²) in [5, 5.41) is 21.9. The largest absolute Gasteiger partial charge is 0.393 e. The fourth-order valence-electron chi connectivity index (χ4n) is 2.23. The van der Waals surface area contributed by atoms with E-state index in [1.165, 1.54) is 17.0 Å². The van der Waals surface area contributed by atoms with Crippen molar-refractivity contribution in [3.63, 3.8) is 0 Å². The van der Waals surface area contributed by atoms with E-state index in [1.54, 1.807) is 6.07 Å². The summed E-state index contributed by atoms with van der Waals surface area (Å²) in [6, 6.07) is 3.97. The highest BCUT2D eigenvalue weighted by molar-refractivity contribution is 6.30. The van der Waals surface area contributed by atoms with Crippen LogP contribution in [0.2, 0.25) is 5.02 Å². The third-order valence-electron chi connectivity index (χ3n) is 3.72. The molecule has 1 aromatic carbocycles. The van der Waals surface area contributed by atoms with Gasteiger partial charge in [0.15, 0.2) is 0 Å². The highest BCUT2D eigenvalue weighted by atomic mass is 35.5. The second kappa shape index (κ2) is 6.60. The standard InChI is InChI=1S/C14H18ClFN2O3/c15-11-2-1-10(12(16)7-11)8-17-13(20)18-5-3-14(21,9-19)4-6-18/h1-2,7,19,21H,3-6,8-9H2,(H,17,20). The molecule has 1 aliphatic rings. The lowest BCUT2D eigenvalue weighted by atomic mass is 9.93. The number of halogens is 2. The minimum absolute atomic E-state index is 0.0720. The van der Waals surface area contributed by atoms with Gasteiger partial charge in [0.2, 0.25) is 0 Å². The van der Waals surface area contributed by atoms with Crippen LogP contribution in [0, 0.1) is 5.82 Å². The van der Waals surface area contributed by atoms with Crippen LogP contribution in [-0.4, -0.2) is 46.4 Å². The van der Waals surface area contributed by atoms with Crippen LogP contribution in [0.25, 0.3) is 0 Å². The number of aliphatic hydroxyl groups excluding tert-OH is 1. The molecular weight excluding hydrogens is 299 g/mol. The van der Waals surface area contributed by atoms with E-state index in [-0.39, 0.29) is 19.2 Å². The van der Waals surface area contributed by atoms with E-state index < -0.39 is 11.4 Å². The number of likely N-dealkylation sites (tertiary alicyclic amines) is 1. The fourth-order valence-corrected chi connectivity index (χ4v) is 2.39. The number of rotatable bonds is 3. The smallest absolute Gasteiger partial charge is 0.317 e. The quantitative estimate of drug-likeness (QED) is 0.791. The number of hydrogen-bond acceptors (Lipinski definition) is 3. The van der Waals surface area contributed by atoms with Crippen LogP contribution in [0.15, 0.2) is 18.2 Å². The van der Waals surface area contributed by atoms with Gasteiger partial charge in [-0.2, -0.15) is 0 Å². The molecular formula is C14H18ClFN2O3. The Balaban J connectivity index is 1.85. The minimum Gasteiger partial charge on any atom is -0.393 e. The Morgan fingerprint density at radius 2 is 2.10 bits per heavy atom. The average molecular weight is 317 g/mol. The van der Waals surface area contributed by atoms with Crippen LogP contribution in [0.5, 0.6) is 0 Å². The zero-order valence-electron chi connectivity index (χ0n) is 11.5. The molecule has 0 aliphatic carbocycles. The number of carbonyl (C=O) groups excluding carboxylic acids is 1. The Kier molecular flexibility index (Phi) is 5.03. The van der Waals surface area contributed by atoms with Crippen molar-refractivity contribution in [2.45, 2.75) is 25.0 Å². The fraction of sp³-hybridized carbons (Fsp3) is 0.500. The van der Waals surface area contributed by atoms with E-state index in [4.69, 9.17) is 16.7 Å². The molecule has 0 unspecified atom stereocenters. The maximum atomic E-state index is 13.6. The summed E-state index contributed by atoms with van der Waals surface area (Å²) in [6.07, 6.45) is 0.651. The molecule has 0 bridgehead atoms. The Morgan fingerprint density at radius 3 is 2.67 bits per heavy atom. The van der Waals surface area contributed by atoms with Gasteiger partial charge < -0.3 is 20.4 Å². The van der Waals surface area contributed by atoms with E-state index >= 15 is 0 Å². The van der Waals surface area contributed by atoms with Gasteiger partial charge in [-0.3, -0.25) is 0 Å². The molecule has 2 rings (SSSR count). The van der Waals surface area contributed by atoms with Gasteiger partial charge in [0.1, 0.15) is 5.82 Å². The van der Waals surface area contributed by atoms with Crippen molar-refractivity contribution < 1.29 is 19.4 Å². The van der Waals surface area contributed by atoms with Crippen molar-refractivity contribution in [3.8, 4) is 0 Å². The summed E-state index contributed by atoms with van der Waals surface area (Å²) in [5.41, 5.74) is -0.740. The maximum absolute atomic E-state index is 13.6. The topological polar surface area (TPSA) is 72.8 Å². The normalized spacial score (nSPS) is 17.6. The number of hydrogen-bond donors (Lipinski definition) is 3. The van der Waals surface area contributed by atoms with E-state index in [0.29, 0.717) is 36.5 Å². The number of benzene rings is 1. The molecule has 21 heavy (non-hydrogen) atoms. The molecule has 7 heteroatoms. The Bertz CT molecular complexity index is 519. The number of carbonyl (C=O) groups is 1. The Morgan fingerprint density at radius 1 is 1.43 bits per heavy atom. The van der Waals surface area contributed by atoms with E-state index in [2.05, 4.69) is 5.32 Å². The molecule has 116 valence electrons. The molecule has 2 amide bonds. The lowest BCUT2D eigenvalue weighted by Gasteiger charge is -2.36. The number of nitrogens with zero attached hydrogens (tertiary/aromatic N) is 1. The molecule has 3 N–H and O–H groups in total. The highest BCUT2D eigenvalue weighted by Gasteiger charge is 2.33. The molecule has 0 radical (unpaired) electrons. The summed E-state index contributed by atoms with van der Waals surface area (Å²) in [5.74, 6) is -0.462. The monoisotopic (exact) mass is 316 g/mol. The van der Waals surface area contributed by atoms with Crippen molar-refractivity contribution in [2.75, 3.05) is 19.7 Å². The van der Waals surface area contributed by atoms with Gasteiger partial charge in [-0.1, -0.05) is 17.7 Å². The number of urea groups is 1. The highest BCUT2D eigenvalue weighted by Crippen LogP contribution is 2.21.